The summed E-state index contributed by atoms with van der Waals surface area (Å²) in [6.45, 7) is 20.0. The Kier molecular flexibility index (Phi) is 8.89. The van der Waals surface area contributed by atoms with E-state index in [4.69, 9.17) is 14.5 Å². The summed E-state index contributed by atoms with van der Waals surface area (Å²) in [6, 6.07) is 8.54. The number of aliphatic carboxylic acids is 1. The topological polar surface area (TPSA) is 101 Å². The zero-order valence-electron chi connectivity index (χ0n) is 27.5. The largest absolute Gasteiger partial charge is 0.479 e. The van der Waals surface area contributed by atoms with Gasteiger partial charge in [-0.1, -0.05) is 32.0 Å². The predicted octanol–water partition coefficient (Wildman–Crippen LogP) is 6.68. The van der Waals surface area contributed by atoms with E-state index in [2.05, 4.69) is 51.8 Å². The second-order valence-electron chi connectivity index (χ2n) is 13.8. The van der Waals surface area contributed by atoms with Crippen LogP contribution in [0.2, 0.25) is 0 Å². The number of ether oxygens (including phenoxy) is 2. The van der Waals surface area contributed by atoms with Gasteiger partial charge in [0.25, 0.3) is 0 Å². The minimum atomic E-state index is -1.13. The molecule has 236 valence electrons. The molecule has 9 heteroatoms. The van der Waals surface area contributed by atoms with E-state index in [-0.39, 0.29) is 5.41 Å². The van der Waals surface area contributed by atoms with E-state index in [0.717, 1.165) is 73.8 Å². The molecule has 4 heterocycles. The molecule has 1 fully saturated rings. The Labute approximate surface area is 261 Å². The zero-order chi connectivity index (χ0) is 31.8. The highest BCUT2D eigenvalue weighted by Gasteiger charge is 2.36. The number of carboxylic acid groups (broad SMARTS) is 1. The van der Waals surface area contributed by atoms with Crippen molar-refractivity contribution in [2.45, 2.75) is 92.9 Å². The van der Waals surface area contributed by atoms with Crippen molar-refractivity contribution in [3.8, 4) is 17.0 Å². The van der Waals surface area contributed by atoms with Gasteiger partial charge < -0.3 is 24.4 Å². The van der Waals surface area contributed by atoms with Gasteiger partial charge in [0.15, 0.2) is 6.10 Å². The monoisotopic (exact) mass is 601 g/mol. The van der Waals surface area contributed by atoms with E-state index in [1.165, 1.54) is 11.1 Å². The molecule has 9 nitrogen and oxygen atoms in total. The van der Waals surface area contributed by atoms with Crippen molar-refractivity contribution in [3.63, 3.8) is 0 Å². The third-order valence-electron chi connectivity index (χ3n) is 8.72. The van der Waals surface area contributed by atoms with Crippen molar-refractivity contribution in [2.24, 2.45) is 5.41 Å². The Hall–Kier alpha value is -3.72. The minimum absolute atomic E-state index is 0.243. The first-order valence-corrected chi connectivity index (χ1v) is 15.7. The maximum absolute atomic E-state index is 12.8. The Bertz CT molecular complexity index is 1520. The molecule has 2 aliphatic rings. The van der Waals surface area contributed by atoms with Crippen LogP contribution in [0.15, 0.2) is 30.6 Å². The number of rotatable bonds is 8. The number of benzene rings is 1. The number of nitrogens with zero attached hydrogens (tertiary/aromatic N) is 5. The van der Waals surface area contributed by atoms with E-state index in [0.29, 0.717) is 23.7 Å². The van der Waals surface area contributed by atoms with Crippen LogP contribution in [0, 0.1) is 19.3 Å². The molecule has 0 amide bonds. The van der Waals surface area contributed by atoms with E-state index >= 15 is 0 Å². The number of carboxylic acids is 1. The van der Waals surface area contributed by atoms with Crippen LogP contribution in [-0.2, 0) is 22.5 Å². The summed E-state index contributed by atoms with van der Waals surface area (Å²) in [7, 11) is 0. The molecular formula is C35H47N5O4. The quantitative estimate of drug-likeness (QED) is 0.303. The van der Waals surface area contributed by atoms with Gasteiger partial charge >= 0.3 is 5.97 Å². The maximum Gasteiger partial charge on any atom is 0.337 e. The summed E-state index contributed by atoms with van der Waals surface area (Å²) in [6.07, 6.45) is 3.34. The lowest BCUT2D eigenvalue weighted by Gasteiger charge is -2.41. The fourth-order valence-corrected chi connectivity index (χ4v) is 6.39. The summed E-state index contributed by atoms with van der Waals surface area (Å²) in [5.74, 6) is 0.441. The van der Waals surface area contributed by atoms with E-state index in [9.17, 15) is 9.90 Å². The highest BCUT2D eigenvalue weighted by molar-refractivity contribution is 5.88. The third-order valence-corrected chi connectivity index (χ3v) is 8.72. The number of aryl methyl sites for hydroxylation is 2. The molecule has 44 heavy (non-hydrogen) atoms. The predicted molar refractivity (Wildman–Crippen MR) is 174 cm³/mol. The van der Waals surface area contributed by atoms with Crippen LogP contribution in [0.4, 0.5) is 11.5 Å². The number of anilines is 2. The van der Waals surface area contributed by atoms with Gasteiger partial charge in [0.2, 0.25) is 5.88 Å². The van der Waals surface area contributed by atoms with Crippen LogP contribution in [-0.4, -0.2) is 57.9 Å². The average molecular weight is 602 g/mol. The van der Waals surface area contributed by atoms with Crippen molar-refractivity contribution in [3.05, 3.63) is 58.7 Å². The number of aromatic nitrogens is 3. The van der Waals surface area contributed by atoms with Gasteiger partial charge in [-0.3, -0.25) is 4.98 Å². The van der Waals surface area contributed by atoms with E-state index in [1.54, 1.807) is 6.33 Å². The summed E-state index contributed by atoms with van der Waals surface area (Å²) in [5.41, 5.74) is 7.38. The number of piperidine rings is 1. The standard InChI is InChI=1S/C35H47N5O4/c1-9-43-28-19-27(36-21-37-28)40-15-12-24-18-25(10-11-26(24)20-40)29-22(2)38-23(3)30(32(33(41)42)44-34(4,5)6)31(29)39-16-13-35(7,8)14-17-39/h10-11,18-19,21,32H,9,12-17,20H2,1-8H3,(H,41,42)/t32-/m0/s1. The van der Waals surface area contributed by atoms with Crippen LogP contribution < -0.4 is 14.5 Å². The van der Waals surface area contributed by atoms with Crippen LogP contribution in [0.3, 0.4) is 0 Å². The van der Waals surface area contributed by atoms with Gasteiger partial charge in [-0.05, 0) is 82.9 Å². The summed E-state index contributed by atoms with van der Waals surface area (Å²) >= 11 is 0. The van der Waals surface area contributed by atoms with Gasteiger partial charge in [0.05, 0.1) is 17.9 Å². The smallest absolute Gasteiger partial charge is 0.337 e. The van der Waals surface area contributed by atoms with Crippen LogP contribution >= 0.6 is 0 Å². The second kappa shape index (κ2) is 12.3. The van der Waals surface area contributed by atoms with Crippen LogP contribution in [0.1, 0.15) is 88.6 Å². The Morgan fingerprint density at radius 2 is 1.75 bits per heavy atom. The highest BCUT2D eigenvalue weighted by atomic mass is 16.5. The van der Waals surface area contributed by atoms with Gasteiger partial charge in [-0.15, -0.1) is 0 Å². The highest BCUT2D eigenvalue weighted by Crippen LogP contribution is 2.45. The van der Waals surface area contributed by atoms with Crippen molar-refractivity contribution in [1.29, 1.82) is 0 Å². The molecule has 0 radical (unpaired) electrons. The summed E-state index contributed by atoms with van der Waals surface area (Å²) in [4.78, 5) is 31.1. The zero-order valence-corrected chi connectivity index (χ0v) is 27.5. The fourth-order valence-electron chi connectivity index (χ4n) is 6.39. The first kappa shape index (κ1) is 31.7. The lowest BCUT2D eigenvalue weighted by Crippen LogP contribution is -2.39. The lowest BCUT2D eigenvalue weighted by atomic mass is 9.81. The van der Waals surface area contributed by atoms with Crippen LogP contribution in [0.5, 0.6) is 5.88 Å². The molecule has 1 atom stereocenters. The normalized spacial score (nSPS) is 17.3. The minimum Gasteiger partial charge on any atom is -0.479 e. The molecule has 1 saturated heterocycles. The molecule has 1 aromatic carbocycles. The number of fused-ring (bicyclic) bond motifs is 1. The third kappa shape index (κ3) is 6.83. The van der Waals surface area contributed by atoms with E-state index in [1.807, 2.05) is 47.6 Å². The molecule has 2 aliphatic heterocycles. The molecule has 5 rings (SSSR count). The number of hydrogen-bond donors (Lipinski definition) is 1. The summed E-state index contributed by atoms with van der Waals surface area (Å²) in [5, 5.41) is 10.5. The molecule has 1 N–H and O–H groups in total. The van der Waals surface area contributed by atoms with Gasteiger partial charge in [0, 0.05) is 54.8 Å². The van der Waals surface area contributed by atoms with Crippen molar-refractivity contribution >= 4 is 17.5 Å². The van der Waals surface area contributed by atoms with Crippen molar-refractivity contribution < 1.29 is 19.4 Å². The van der Waals surface area contributed by atoms with Crippen molar-refractivity contribution in [2.75, 3.05) is 36.0 Å². The first-order chi connectivity index (χ1) is 20.8. The molecule has 0 aliphatic carbocycles. The Morgan fingerprint density at radius 1 is 1.02 bits per heavy atom. The first-order valence-electron chi connectivity index (χ1n) is 15.7. The van der Waals surface area contributed by atoms with Gasteiger partial charge in [-0.25, -0.2) is 14.8 Å². The fraction of sp³-hybridized carbons (Fsp3) is 0.543. The van der Waals surface area contributed by atoms with Gasteiger partial charge in [0.1, 0.15) is 12.1 Å². The van der Waals surface area contributed by atoms with Gasteiger partial charge in [-0.2, -0.15) is 0 Å². The number of hydrogen-bond acceptors (Lipinski definition) is 8. The Morgan fingerprint density at radius 3 is 2.41 bits per heavy atom. The SMILES string of the molecule is CCOc1cc(N2CCc3cc(-c4c(C)nc(C)c([C@H](OC(C)(C)C)C(=O)O)c4N4CCC(C)(C)CC4)ccc3C2)ncn1. The molecule has 0 unspecified atom stereocenters. The number of pyridine rings is 1. The molecular weight excluding hydrogens is 554 g/mol. The molecule has 0 spiro atoms. The van der Waals surface area contributed by atoms with Crippen molar-refractivity contribution in [1.82, 2.24) is 15.0 Å². The molecule has 3 aromatic rings. The maximum atomic E-state index is 12.8. The molecule has 0 bridgehead atoms. The lowest BCUT2D eigenvalue weighted by molar-refractivity contribution is -0.160. The number of carbonyl (C=O) groups is 1. The molecule has 2 aromatic heterocycles. The Balaban J connectivity index is 1.59. The second-order valence-corrected chi connectivity index (χ2v) is 13.8. The van der Waals surface area contributed by atoms with E-state index < -0.39 is 17.7 Å². The summed E-state index contributed by atoms with van der Waals surface area (Å²) < 4.78 is 11.8. The van der Waals surface area contributed by atoms with Crippen LogP contribution in [0.25, 0.3) is 11.1 Å². The average Bonchev–Trinajstić information content (AvgIpc) is 2.95. The molecule has 0 saturated carbocycles.